The second-order valence-electron chi connectivity index (χ2n) is 4.35. The molecule has 1 atom stereocenters. The molecular formula is C14H8Cl2N2O2. The molecule has 0 saturated heterocycles. The van der Waals surface area contributed by atoms with E-state index in [2.05, 4.69) is 4.98 Å². The summed E-state index contributed by atoms with van der Waals surface area (Å²) >= 11 is 12.1. The minimum atomic E-state index is -0.508. The molecule has 0 radical (unpaired) electrons. The van der Waals surface area contributed by atoms with Crippen molar-refractivity contribution in [3.05, 3.63) is 40.6 Å². The van der Waals surface area contributed by atoms with Crippen LogP contribution in [0.25, 0.3) is 17.0 Å². The zero-order valence-corrected chi connectivity index (χ0v) is 11.6. The number of rotatable bonds is 2. The molecule has 1 aliphatic rings. The number of hydrogen-bond donors (Lipinski definition) is 0. The second-order valence-corrected chi connectivity index (χ2v) is 5.08. The number of halogens is 2. The number of anilines is 1. The standard InChI is InChI=1S/C14H8Cl2N2O2/c15-14-9(6-19)5-8-1-4-12-11(13(8)17-14)3-2-10(7-20)18(12)16/h1-7,10H. The van der Waals surface area contributed by atoms with Crippen LogP contribution in [0.15, 0.2) is 24.3 Å². The minimum absolute atomic E-state index is 0.146. The fourth-order valence-electron chi connectivity index (χ4n) is 2.21. The van der Waals surface area contributed by atoms with Crippen molar-refractivity contribution in [3.63, 3.8) is 0 Å². The Kier molecular flexibility index (Phi) is 3.20. The van der Waals surface area contributed by atoms with Crippen LogP contribution in [0.1, 0.15) is 15.9 Å². The van der Waals surface area contributed by atoms with Gasteiger partial charge in [-0.3, -0.25) is 9.21 Å². The summed E-state index contributed by atoms with van der Waals surface area (Å²) in [5, 5.41) is 0.933. The maximum Gasteiger partial charge on any atom is 0.153 e. The topological polar surface area (TPSA) is 50.3 Å². The first-order chi connectivity index (χ1) is 9.65. The van der Waals surface area contributed by atoms with Crippen molar-refractivity contribution in [1.29, 1.82) is 0 Å². The Hall–Kier alpha value is -1.91. The van der Waals surface area contributed by atoms with Crippen molar-refractivity contribution in [2.45, 2.75) is 6.04 Å². The van der Waals surface area contributed by atoms with Crippen LogP contribution < -0.4 is 4.42 Å². The van der Waals surface area contributed by atoms with E-state index in [1.54, 1.807) is 30.4 Å². The molecule has 100 valence electrons. The SMILES string of the molecule is O=Cc1cc2ccc3c(c2nc1Cl)C=CC(C=O)N3Cl. The van der Waals surface area contributed by atoms with Gasteiger partial charge in [-0.2, -0.15) is 0 Å². The average Bonchev–Trinajstić information content (AvgIpc) is 2.47. The average molecular weight is 307 g/mol. The summed E-state index contributed by atoms with van der Waals surface area (Å²) in [5.41, 5.74) is 2.44. The summed E-state index contributed by atoms with van der Waals surface area (Å²) in [6.07, 6.45) is 4.90. The van der Waals surface area contributed by atoms with Gasteiger partial charge in [0.25, 0.3) is 0 Å². The Morgan fingerprint density at radius 3 is 2.80 bits per heavy atom. The number of hydrogen-bond acceptors (Lipinski definition) is 4. The molecule has 2 heterocycles. The van der Waals surface area contributed by atoms with Gasteiger partial charge >= 0.3 is 0 Å². The van der Waals surface area contributed by atoms with E-state index in [0.717, 1.165) is 17.2 Å². The first-order valence-electron chi connectivity index (χ1n) is 5.82. The molecule has 1 unspecified atom stereocenters. The third-order valence-electron chi connectivity index (χ3n) is 3.20. The van der Waals surface area contributed by atoms with Crippen LogP contribution in [-0.2, 0) is 4.79 Å². The fourth-order valence-corrected chi connectivity index (χ4v) is 2.65. The lowest BCUT2D eigenvalue weighted by molar-refractivity contribution is -0.107. The maximum atomic E-state index is 10.9. The van der Waals surface area contributed by atoms with Crippen molar-refractivity contribution < 1.29 is 9.59 Å². The molecule has 0 fully saturated rings. The van der Waals surface area contributed by atoms with Gasteiger partial charge in [-0.05, 0) is 12.1 Å². The molecule has 0 amide bonds. The number of benzene rings is 1. The Labute approximate surface area is 124 Å². The molecule has 1 aliphatic heterocycles. The normalized spacial score (nSPS) is 17.1. The molecule has 0 bridgehead atoms. The van der Waals surface area contributed by atoms with Crippen molar-refractivity contribution in [1.82, 2.24) is 4.98 Å². The highest BCUT2D eigenvalue weighted by atomic mass is 35.5. The van der Waals surface area contributed by atoms with E-state index in [0.29, 0.717) is 23.1 Å². The van der Waals surface area contributed by atoms with Crippen LogP contribution in [0.4, 0.5) is 5.69 Å². The Bertz CT molecular complexity index is 758. The van der Waals surface area contributed by atoms with Crippen LogP contribution in [0, 0.1) is 0 Å². The minimum Gasteiger partial charge on any atom is -0.301 e. The largest absolute Gasteiger partial charge is 0.301 e. The highest BCUT2D eigenvalue weighted by Crippen LogP contribution is 2.35. The van der Waals surface area contributed by atoms with E-state index in [4.69, 9.17) is 23.4 Å². The van der Waals surface area contributed by atoms with Gasteiger partial charge in [-0.25, -0.2) is 4.98 Å². The fraction of sp³-hybridized carbons (Fsp3) is 0.0714. The third-order valence-corrected chi connectivity index (χ3v) is 3.91. The molecular weight excluding hydrogens is 299 g/mol. The smallest absolute Gasteiger partial charge is 0.153 e. The molecule has 0 aliphatic carbocycles. The van der Waals surface area contributed by atoms with Gasteiger partial charge in [0, 0.05) is 22.7 Å². The summed E-state index contributed by atoms with van der Waals surface area (Å²) < 4.78 is 1.35. The lowest BCUT2D eigenvalue weighted by Crippen LogP contribution is -2.28. The van der Waals surface area contributed by atoms with Gasteiger partial charge in [0.1, 0.15) is 17.5 Å². The van der Waals surface area contributed by atoms with Crippen LogP contribution in [0.5, 0.6) is 0 Å². The first kappa shape index (κ1) is 13.1. The Morgan fingerprint density at radius 2 is 2.10 bits per heavy atom. The van der Waals surface area contributed by atoms with E-state index < -0.39 is 6.04 Å². The summed E-state index contributed by atoms with van der Waals surface area (Å²) in [6.45, 7) is 0. The van der Waals surface area contributed by atoms with Crippen molar-refractivity contribution in [2.24, 2.45) is 0 Å². The van der Waals surface area contributed by atoms with Crippen LogP contribution in [0.2, 0.25) is 5.15 Å². The Balaban J connectivity index is 2.29. The number of pyridine rings is 1. The van der Waals surface area contributed by atoms with E-state index in [1.165, 1.54) is 4.42 Å². The zero-order chi connectivity index (χ0) is 14.3. The van der Waals surface area contributed by atoms with Gasteiger partial charge in [0.2, 0.25) is 0 Å². The lowest BCUT2D eigenvalue weighted by atomic mass is 10.0. The van der Waals surface area contributed by atoms with Gasteiger partial charge in [0.15, 0.2) is 6.29 Å². The number of carbonyl (C=O) groups excluding carboxylic acids is 2. The lowest BCUT2D eigenvalue weighted by Gasteiger charge is -2.26. The molecule has 3 rings (SSSR count). The van der Waals surface area contributed by atoms with Crippen molar-refractivity contribution >= 4 is 58.6 Å². The van der Waals surface area contributed by atoms with Gasteiger partial charge < -0.3 is 4.79 Å². The maximum absolute atomic E-state index is 10.9. The van der Waals surface area contributed by atoms with E-state index in [1.807, 2.05) is 0 Å². The van der Waals surface area contributed by atoms with Crippen molar-refractivity contribution in [2.75, 3.05) is 4.42 Å². The molecule has 20 heavy (non-hydrogen) atoms. The van der Waals surface area contributed by atoms with Crippen LogP contribution >= 0.6 is 23.4 Å². The molecule has 1 aromatic carbocycles. The van der Waals surface area contributed by atoms with Gasteiger partial charge in [-0.15, -0.1) is 0 Å². The summed E-state index contributed by atoms with van der Waals surface area (Å²) in [7, 11) is 0. The molecule has 0 N–H and O–H groups in total. The van der Waals surface area contributed by atoms with E-state index in [-0.39, 0.29) is 5.15 Å². The number of fused-ring (bicyclic) bond motifs is 3. The molecule has 2 aromatic rings. The molecule has 4 nitrogen and oxygen atoms in total. The molecule has 6 heteroatoms. The van der Waals surface area contributed by atoms with Crippen LogP contribution in [-0.4, -0.2) is 23.6 Å². The van der Waals surface area contributed by atoms with E-state index in [9.17, 15) is 9.59 Å². The Morgan fingerprint density at radius 1 is 1.30 bits per heavy atom. The molecule has 0 spiro atoms. The monoisotopic (exact) mass is 306 g/mol. The van der Waals surface area contributed by atoms with Crippen LogP contribution in [0.3, 0.4) is 0 Å². The van der Waals surface area contributed by atoms with Gasteiger partial charge in [0.05, 0.1) is 16.8 Å². The summed E-state index contributed by atoms with van der Waals surface area (Å²) in [6, 6.07) is 4.75. The van der Waals surface area contributed by atoms with E-state index >= 15 is 0 Å². The second kappa shape index (κ2) is 4.89. The summed E-state index contributed by atoms with van der Waals surface area (Å²) in [4.78, 5) is 26.1. The summed E-state index contributed by atoms with van der Waals surface area (Å²) in [5.74, 6) is 0. The quantitative estimate of drug-likeness (QED) is 0.485. The number of aromatic nitrogens is 1. The predicted molar refractivity (Wildman–Crippen MR) is 79.4 cm³/mol. The number of aldehydes is 2. The molecule has 1 aromatic heterocycles. The highest BCUT2D eigenvalue weighted by Gasteiger charge is 2.22. The van der Waals surface area contributed by atoms with Gasteiger partial charge in [-0.1, -0.05) is 29.8 Å². The first-order valence-corrected chi connectivity index (χ1v) is 6.54. The third kappa shape index (κ3) is 1.88. The molecule has 0 saturated carbocycles. The zero-order valence-electron chi connectivity index (χ0n) is 10.1. The number of carbonyl (C=O) groups is 2. The number of nitrogens with zero attached hydrogens (tertiary/aromatic N) is 2. The highest BCUT2D eigenvalue weighted by molar-refractivity contribution is 6.32. The predicted octanol–water partition coefficient (Wildman–Crippen LogP) is 3.26. The van der Waals surface area contributed by atoms with Crippen molar-refractivity contribution in [3.8, 4) is 0 Å².